The minimum atomic E-state index is -0.0588. The van der Waals surface area contributed by atoms with Crippen molar-refractivity contribution in [3.8, 4) is 5.75 Å². The smallest absolute Gasteiger partial charge is 0.163 e. The Bertz CT molecular complexity index is 719. The van der Waals surface area contributed by atoms with Gasteiger partial charge in [0.1, 0.15) is 5.75 Å². The lowest BCUT2D eigenvalue weighted by molar-refractivity contribution is 0.101. The molecule has 1 N–H and O–H groups in total. The maximum Gasteiger partial charge on any atom is 0.163 e. The molecule has 2 nitrogen and oxygen atoms in total. The zero-order chi connectivity index (χ0) is 15.0. The molecule has 21 heavy (non-hydrogen) atoms. The molecule has 2 aromatic carbocycles. The third kappa shape index (κ3) is 2.75. The number of hydrogen-bond acceptors (Lipinski definition) is 2. The normalized spacial score (nSPS) is 13.8. The third-order valence-electron chi connectivity index (χ3n) is 4.16. The summed E-state index contributed by atoms with van der Waals surface area (Å²) in [5.74, 6) is 0.114. The number of benzene rings is 2. The van der Waals surface area contributed by atoms with Crippen LogP contribution in [0, 0.1) is 0 Å². The second-order valence-corrected chi connectivity index (χ2v) is 6.44. The molecule has 0 atom stereocenters. The van der Waals surface area contributed by atoms with E-state index in [0.29, 0.717) is 5.56 Å². The van der Waals surface area contributed by atoms with E-state index < -0.39 is 0 Å². The molecule has 4 bridgehead atoms. The molecule has 0 unspecified atom stereocenters. The van der Waals surface area contributed by atoms with Crippen molar-refractivity contribution in [3.63, 3.8) is 0 Å². The van der Waals surface area contributed by atoms with Crippen LogP contribution in [0.3, 0.4) is 0 Å². The molecule has 4 aliphatic carbocycles. The fourth-order valence-electron chi connectivity index (χ4n) is 2.98. The predicted molar refractivity (Wildman–Crippen MR) is 87.1 cm³/mol. The Hall–Kier alpha value is -1.61. The quantitative estimate of drug-likeness (QED) is 0.785. The van der Waals surface area contributed by atoms with Gasteiger partial charge in [-0.05, 0) is 60.9 Å². The van der Waals surface area contributed by atoms with Gasteiger partial charge in [0, 0.05) is 4.47 Å². The van der Waals surface area contributed by atoms with Crippen LogP contribution in [0.1, 0.15) is 39.5 Å². The second-order valence-electron chi connectivity index (χ2n) is 5.59. The van der Waals surface area contributed by atoms with Gasteiger partial charge in [-0.25, -0.2) is 0 Å². The number of rotatable bonds is 1. The van der Waals surface area contributed by atoms with Crippen LogP contribution in [-0.2, 0) is 25.7 Å². The van der Waals surface area contributed by atoms with Crippen LogP contribution < -0.4 is 0 Å². The number of phenols is 1. The largest absolute Gasteiger partial charge is 0.507 e. The van der Waals surface area contributed by atoms with Crippen molar-refractivity contribution in [3.05, 3.63) is 62.6 Å². The first-order valence-electron chi connectivity index (χ1n) is 7.18. The highest BCUT2D eigenvalue weighted by Crippen LogP contribution is 2.31. The van der Waals surface area contributed by atoms with Gasteiger partial charge in [0.15, 0.2) is 5.78 Å². The number of Topliss-reactive ketones (excluding diaryl/α,β-unsaturated/α-hetero) is 1. The van der Waals surface area contributed by atoms with Gasteiger partial charge in [-0.1, -0.05) is 40.2 Å². The predicted octanol–water partition coefficient (Wildman–Crippen LogP) is 4.24. The molecule has 4 aliphatic rings. The fourth-order valence-corrected chi connectivity index (χ4v) is 3.60. The molecule has 0 aliphatic heterocycles. The number of phenolic OH excluding ortho intramolecular Hbond substituents is 1. The number of halogens is 1. The van der Waals surface area contributed by atoms with E-state index >= 15 is 0 Å². The first-order valence-corrected chi connectivity index (χ1v) is 7.97. The summed E-state index contributed by atoms with van der Waals surface area (Å²) in [5, 5.41) is 10.4. The molecule has 0 spiro atoms. The Morgan fingerprint density at radius 1 is 1.00 bits per heavy atom. The first kappa shape index (κ1) is 14.3. The van der Waals surface area contributed by atoms with Crippen molar-refractivity contribution in [1.82, 2.24) is 0 Å². The number of aryl methyl sites for hydroxylation is 4. The molecule has 0 saturated heterocycles. The molecule has 0 aromatic heterocycles. The summed E-state index contributed by atoms with van der Waals surface area (Å²) in [6.45, 7) is 1.53. The summed E-state index contributed by atoms with van der Waals surface area (Å²) >= 11 is 3.63. The Morgan fingerprint density at radius 2 is 1.62 bits per heavy atom. The van der Waals surface area contributed by atoms with Gasteiger partial charge >= 0.3 is 0 Å². The number of ketones is 1. The van der Waals surface area contributed by atoms with E-state index in [4.69, 9.17) is 0 Å². The van der Waals surface area contributed by atoms with Gasteiger partial charge in [0.05, 0.1) is 5.56 Å². The highest BCUT2D eigenvalue weighted by Gasteiger charge is 2.17. The first-order chi connectivity index (χ1) is 10.1. The lowest BCUT2D eigenvalue weighted by atomic mass is 9.91. The lowest BCUT2D eigenvalue weighted by Gasteiger charge is -2.16. The number of carbonyl (C=O) groups is 1. The van der Waals surface area contributed by atoms with Gasteiger partial charge in [-0.15, -0.1) is 0 Å². The summed E-state index contributed by atoms with van der Waals surface area (Å²) < 4.78 is 1.13. The van der Waals surface area contributed by atoms with Crippen molar-refractivity contribution < 1.29 is 9.90 Å². The molecule has 0 saturated carbocycles. The summed E-state index contributed by atoms with van der Waals surface area (Å²) in [6, 6.07) is 10.4. The maximum atomic E-state index is 11.9. The van der Waals surface area contributed by atoms with E-state index in [1.54, 1.807) is 0 Å². The molecule has 2 aromatic rings. The Balaban J connectivity index is 2.12. The zero-order valence-corrected chi connectivity index (χ0v) is 13.5. The van der Waals surface area contributed by atoms with Crippen LogP contribution in [0.15, 0.2) is 34.8 Å². The van der Waals surface area contributed by atoms with E-state index in [1.807, 2.05) is 12.1 Å². The number of aromatic hydroxyl groups is 1. The van der Waals surface area contributed by atoms with E-state index in [-0.39, 0.29) is 11.5 Å². The fraction of sp³-hybridized carbons (Fsp3) is 0.278. The Labute approximate surface area is 132 Å². The molecule has 6 rings (SSSR count). The molecule has 0 radical (unpaired) electrons. The molecular formula is C18H17BrO2. The minimum Gasteiger partial charge on any atom is -0.507 e. The molecule has 0 heterocycles. The van der Waals surface area contributed by atoms with Crippen molar-refractivity contribution in [2.45, 2.75) is 32.6 Å². The lowest BCUT2D eigenvalue weighted by Crippen LogP contribution is -2.06. The summed E-state index contributed by atoms with van der Waals surface area (Å²) in [5.41, 5.74) is 4.75. The van der Waals surface area contributed by atoms with E-state index in [9.17, 15) is 9.90 Å². The Morgan fingerprint density at radius 3 is 2.33 bits per heavy atom. The maximum absolute atomic E-state index is 11.9. The Kier molecular flexibility index (Phi) is 3.85. The zero-order valence-electron chi connectivity index (χ0n) is 11.9. The molecule has 3 heteroatoms. The van der Waals surface area contributed by atoms with Crippen molar-refractivity contribution in [1.29, 1.82) is 0 Å². The molecular weight excluding hydrogens is 328 g/mol. The van der Waals surface area contributed by atoms with Crippen LogP contribution in [0.2, 0.25) is 0 Å². The van der Waals surface area contributed by atoms with Gasteiger partial charge in [0.2, 0.25) is 0 Å². The van der Waals surface area contributed by atoms with Crippen LogP contribution in [0.4, 0.5) is 0 Å². The minimum absolute atomic E-state index is 0.0588. The summed E-state index contributed by atoms with van der Waals surface area (Å²) in [6.07, 6.45) is 3.18. The average Bonchev–Trinajstić information content (AvgIpc) is 2.43. The van der Waals surface area contributed by atoms with E-state index in [2.05, 4.69) is 34.1 Å². The molecule has 0 fully saturated rings. The van der Waals surface area contributed by atoms with Gasteiger partial charge in [-0.3, -0.25) is 4.79 Å². The topological polar surface area (TPSA) is 37.3 Å². The van der Waals surface area contributed by atoms with Crippen LogP contribution in [-0.4, -0.2) is 10.9 Å². The van der Waals surface area contributed by atoms with Crippen LogP contribution in [0.5, 0.6) is 5.75 Å². The number of carbonyl (C=O) groups excluding carboxylic acids is 1. The van der Waals surface area contributed by atoms with Crippen molar-refractivity contribution >= 4 is 21.7 Å². The summed E-state index contributed by atoms with van der Waals surface area (Å²) in [7, 11) is 0. The third-order valence-corrected chi connectivity index (χ3v) is 4.90. The highest BCUT2D eigenvalue weighted by molar-refractivity contribution is 9.10. The van der Waals surface area contributed by atoms with Crippen molar-refractivity contribution in [2.24, 2.45) is 0 Å². The second kappa shape index (κ2) is 5.64. The number of hydrogen-bond donors (Lipinski definition) is 1. The van der Waals surface area contributed by atoms with Crippen LogP contribution >= 0.6 is 15.9 Å². The van der Waals surface area contributed by atoms with E-state index in [0.717, 1.165) is 41.3 Å². The average molecular weight is 345 g/mol. The highest BCUT2D eigenvalue weighted by atomic mass is 79.9. The van der Waals surface area contributed by atoms with E-state index in [1.165, 1.54) is 18.1 Å². The van der Waals surface area contributed by atoms with Gasteiger partial charge < -0.3 is 5.11 Å². The van der Waals surface area contributed by atoms with Gasteiger partial charge in [-0.2, -0.15) is 0 Å². The molecule has 0 amide bonds. The summed E-state index contributed by atoms with van der Waals surface area (Å²) in [4.78, 5) is 11.9. The molecule has 108 valence electrons. The van der Waals surface area contributed by atoms with Gasteiger partial charge in [0.25, 0.3) is 0 Å². The SMILES string of the molecule is CC(=O)c1c2ccc(c1O)CCc1ccc(cc1Br)CC2. The monoisotopic (exact) mass is 344 g/mol. The van der Waals surface area contributed by atoms with Crippen LogP contribution in [0.25, 0.3) is 0 Å². The van der Waals surface area contributed by atoms with Crippen molar-refractivity contribution in [2.75, 3.05) is 0 Å². The standard InChI is InChI=1S/C18H17BrO2/c1-11(20)17-14-5-3-12-2-4-13(16(19)10-12)6-8-15(9-7-14)18(17)21/h2,4,7,9-10,21H,3,5-6,8H2,1H3.